The van der Waals surface area contributed by atoms with Crippen molar-refractivity contribution < 1.29 is 19.4 Å². The number of fused-ring (bicyclic) bond motifs is 1. The number of aromatic nitrogens is 2. The van der Waals surface area contributed by atoms with Crippen LogP contribution >= 0.6 is 11.3 Å². The van der Waals surface area contributed by atoms with Crippen molar-refractivity contribution >= 4 is 27.5 Å². The zero-order valence-electron chi connectivity index (χ0n) is 20.3. The van der Waals surface area contributed by atoms with Gasteiger partial charge in [-0.3, -0.25) is 9.69 Å². The first-order chi connectivity index (χ1) is 17.0. The van der Waals surface area contributed by atoms with E-state index in [1.165, 1.54) is 24.9 Å². The molecule has 0 bridgehead atoms. The zero-order chi connectivity index (χ0) is 24.8. The maximum Gasteiger partial charge on any atom is 0.348 e. The average molecular weight is 500 g/mol. The number of hydrogen-bond acceptors (Lipinski definition) is 8. The lowest BCUT2D eigenvalue weighted by molar-refractivity contribution is 0.0387. The average Bonchev–Trinajstić information content (AvgIpc) is 3.27. The number of aromatic amines is 1. The summed E-state index contributed by atoms with van der Waals surface area (Å²) in [5, 5.41) is 11.2. The Morgan fingerprint density at radius 2 is 2.00 bits per heavy atom. The molecule has 2 aromatic heterocycles. The Hall–Kier alpha value is -2.75. The van der Waals surface area contributed by atoms with Crippen LogP contribution in [-0.2, 0) is 17.7 Å². The molecular weight excluding hydrogens is 466 g/mol. The molecule has 1 atom stereocenters. The predicted octanol–water partition coefficient (Wildman–Crippen LogP) is 3.91. The van der Waals surface area contributed by atoms with Gasteiger partial charge in [0.25, 0.3) is 5.56 Å². The second-order valence-corrected chi connectivity index (χ2v) is 9.95. The SMILES string of the molecule is CCc1c(C(=O)OC)sc2nc(CN(CC(O)COc3ccccc3)C3CCCCC3)[nH]c(=O)c12. The van der Waals surface area contributed by atoms with E-state index >= 15 is 0 Å². The second-order valence-electron chi connectivity index (χ2n) is 8.95. The standard InChI is InChI=1S/C26H33N3O5S/c1-3-20-22-24(31)27-21(28-25(22)35-23(20)26(32)33-2)15-29(17-10-6-4-7-11-17)14-18(30)16-34-19-12-8-5-9-13-19/h5,8-9,12-13,17-18,30H,3-4,6-7,10-11,14-16H2,1-2H3,(H,27,28,31). The van der Waals surface area contributed by atoms with Crippen molar-refractivity contribution in [3.8, 4) is 5.75 Å². The van der Waals surface area contributed by atoms with E-state index in [0.29, 0.717) is 52.0 Å². The van der Waals surface area contributed by atoms with Crippen molar-refractivity contribution in [2.45, 2.75) is 64.1 Å². The quantitative estimate of drug-likeness (QED) is 0.408. The number of para-hydroxylation sites is 1. The summed E-state index contributed by atoms with van der Waals surface area (Å²) in [6, 6.07) is 9.75. The summed E-state index contributed by atoms with van der Waals surface area (Å²) in [5.74, 6) is 0.804. The van der Waals surface area contributed by atoms with Crippen molar-refractivity contribution in [2.24, 2.45) is 0 Å². The lowest BCUT2D eigenvalue weighted by Crippen LogP contribution is -2.43. The minimum atomic E-state index is -0.688. The van der Waals surface area contributed by atoms with E-state index in [1.807, 2.05) is 37.3 Å². The minimum absolute atomic E-state index is 0.184. The molecule has 1 aliphatic rings. The molecule has 1 aromatic carbocycles. The smallest absolute Gasteiger partial charge is 0.348 e. The van der Waals surface area contributed by atoms with Crippen molar-refractivity contribution in [3.63, 3.8) is 0 Å². The first-order valence-corrected chi connectivity index (χ1v) is 13.0. The molecule has 8 nitrogen and oxygen atoms in total. The van der Waals surface area contributed by atoms with Gasteiger partial charge in [0, 0.05) is 12.6 Å². The molecule has 3 aromatic rings. The Morgan fingerprint density at radius 3 is 2.69 bits per heavy atom. The number of aryl methyl sites for hydroxylation is 1. The van der Waals surface area contributed by atoms with E-state index in [2.05, 4.69) is 9.88 Å². The summed E-state index contributed by atoms with van der Waals surface area (Å²) in [4.78, 5) is 36.1. The molecule has 0 radical (unpaired) electrons. The number of aliphatic hydroxyl groups excluding tert-OH is 1. The van der Waals surface area contributed by atoms with Crippen LogP contribution in [0, 0.1) is 0 Å². The molecule has 35 heavy (non-hydrogen) atoms. The second kappa shape index (κ2) is 11.8. The van der Waals surface area contributed by atoms with E-state index in [0.717, 1.165) is 31.4 Å². The Labute approximate surface area is 208 Å². The molecule has 1 aliphatic carbocycles. The number of carbonyl (C=O) groups excluding carboxylic acids is 1. The Bertz CT molecular complexity index is 1190. The highest BCUT2D eigenvalue weighted by molar-refractivity contribution is 7.20. The molecule has 9 heteroatoms. The van der Waals surface area contributed by atoms with E-state index in [1.54, 1.807) is 0 Å². The van der Waals surface area contributed by atoms with Gasteiger partial charge in [0.15, 0.2) is 0 Å². The van der Waals surface area contributed by atoms with Crippen molar-refractivity contribution in [2.75, 3.05) is 20.3 Å². The van der Waals surface area contributed by atoms with Gasteiger partial charge in [-0.05, 0) is 37.0 Å². The summed E-state index contributed by atoms with van der Waals surface area (Å²) < 4.78 is 10.7. The molecule has 0 aliphatic heterocycles. The fraction of sp³-hybridized carbons (Fsp3) is 0.500. The molecule has 188 valence electrons. The van der Waals surface area contributed by atoms with Crippen LogP contribution in [0.2, 0.25) is 0 Å². The molecule has 0 spiro atoms. The van der Waals surface area contributed by atoms with Crippen LogP contribution in [0.15, 0.2) is 35.1 Å². The van der Waals surface area contributed by atoms with Crippen molar-refractivity contribution in [1.29, 1.82) is 0 Å². The van der Waals surface area contributed by atoms with Crippen LogP contribution in [0.25, 0.3) is 10.2 Å². The molecule has 1 fully saturated rings. The summed E-state index contributed by atoms with van der Waals surface area (Å²) in [6.07, 6.45) is 5.45. The highest BCUT2D eigenvalue weighted by Gasteiger charge is 2.26. The summed E-state index contributed by atoms with van der Waals surface area (Å²) in [6.45, 7) is 2.91. The third-order valence-corrected chi connectivity index (χ3v) is 7.61. The Morgan fingerprint density at radius 1 is 1.26 bits per heavy atom. The maximum atomic E-state index is 13.0. The largest absolute Gasteiger partial charge is 0.491 e. The minimum Gasteiger partial charge on any atom is -0.491 e. The number of carbonyl (C=O) groups is 1. The number of rotatable bonds is 10. The topological polar surface area (TPSA) is 105 Å². The molecule has 1 saturated carbocycles. The van der Waals surface area contributed by atoms with Gasteiger partial charge in [-0.2, -0.15) is 0 Å². The van der Waals surface area contributed by atoms with Gasteiger partial charge < -0.3 is 19.6 Å². The van der Waals surface area contributed by atoms with Crippen LogP contribution in [0.1, 0.15) is 60.1 Å². The van der Waals surface area contributed by atoms with Gasteiger partial charge in [0.1, 0.15) is 34.0 Å². The zero-order valence-corrected chi connectivity index (χ0v) is 21.1. The third-order valence-electron chi connectivity index (χ3n) is 6.51. The van der Waals surface area contributed by atoms with Gasteiger partial charge >= 0.3 is 5.97 Å². The predicted molar refractivity (Wildman–Crippen MR) is 136 cm³/mol. The molecule has 4 rings (SSSR count). The molecule has 2 heterocycles. The van der Waals surface area contributed by atoms with E-state index in [-0.39, 0.29) is 12.2 Å². The number of methoxy groups -OCH3 is 1. The number of benzene rings is 1. The lowest BCUT2D eigenvalue weighted by atomic mass is 9.94. The first-order valence-electron chi connectivity index (χ1n) is 12.2. The molecule has 0 amide bonds. The van der Waals surface area contributed by atoms with Crippen LogP contribution in [0.4, 0.5) is 0 Å². The maximum absolute atomic E-state index is 13.0. The van der Waals surface area contributed by atoms with E-state index in [9.17, 15) is 14.7 Å². The number of nitrogens with zero attached hydrogens (tertiary/aromatic N) is 2. The first kappa shape index (κ1) is 25.3. The molecular formula is C26H33N3O5S. The monoisotopic (exact) mass is 499 g/mol. The van der Waals surface area contributed by atoms with Crippen LogP contribution in [0.3, 0.4) is 0 Å². The van der Waals surface area contributed by atoms with Crippen LogP contribution in [0.5, 0.6) is 5.75 Å². The molecule has 2 N–H and O–H groups in total. The number of hydrogen-bond donors (Lipinski definition) is 2. The highest BCUT2D eigenvalue weighted by Crippen LogP contribution is 2.29. The Balaban J connectivity index is 1.55. The normalized spacial score (nSPS) is 15.4. The third kappa shape index (κ3) is 6.09. The van der Waals surface area contributed by atoms with Crippen LogP contribution < -0.4 is 10.3 Å². The molecule has 1 unspecified atom stereocenters. The lowest BCUT2D eigenvalue weighted by Gasteiger charge is -2.35. The number of thiophene rings is 1. The summed E-state index contributed by atoms with van der Waals surface area (Å²) in [5.41, 5.74) is 0.430. The number of ether oxygens (including phenoxy) is 2. The number of aliphatic hydroxyl groups is 1. The number of esters is 1. The number of nitrogens with one attached hydrogen (secondary N) is 1. The van der Waals surface area contributed by atoms with Crippen molar-refractivity contribution in [1.82, 2.24) is 14.9 Å². The van der Waals surface area contributed by atoms with E-state index in [4.69, 9.17) is 14.5 Å². The van der Waals surface area contributed by atoms with Crippen LogP contribution in [-0.4, -0.2) is 58.4 Å². The van der Waals surface area contributed by atoms with Gasteiger partial charge in [-0.25, -0.2) is 9.78 Å². The van der Waals surface area contributed by atoms with Gasteiger partial charge in [-0.1, -0.05) is 44.4 Å². The fourth-order valence-electron chi connectivity index (χ4n) is 4.79. The van der Waals surface area contributed by atoms with Gasteiger partial charge in [-0.15, -0.1) is 11.3 Å². The van der Waals surface area contributed by atoms with Crippen molar-refractivity contribution in [3.05, 3.63) is 57.0 Å². The molecule has 0 saturated heterocycles. The number of H-pyrrole nitrogens is 1. The highest BCUT2D eigenvalue weighted by atomic mass is 32.1. The summed E-state index contributed by atoms with van der Waals surface area (Å²) in [7, 11) is 1.34. The Kier molecular flexibility index (Phi) is 8.54. The summed E-state index contributed by atoms with van der Waals surface area (Å²) >= 11 is 1.20. The van der Waals surface area contributed by atoms with E-state index < -0.39 is 12.1 Å². The van der Waals surface area contributed by atoms with Gasteiger partial charge in [0.2, 0.25) is 0 Å². The fourth-order valence-corrected chi connectivity index (χ4v) is 6.00. The van der Waals surface area contributed by atoms with Gasteiger partial charge in [0.05, 0.1) is 19.0 Å².